The highest BCUT2D eigenvalue weighted by atomic mass is 16.5. The second kappa shape index (κ2) is 7.51. The maximum absolute atomic E-state index is 12.2. The molecule has 2 aliphatic rings. The quantitative estimate of drug-likeness (QED) is 0.828. The number of methoxy groups -OCH3 is 1. The molecule has 1 saturated heterocycles. The molecule has 6 nitrogen and oxygen atoms in total. The summed E-state index contributed by atoms with van der Waals surface area (Å²) in [5, 5.41) is 13.1. The number of carbonyl (C=O) groups is 1. The van der Waals surface area contributed by atoms with Crippen molar-refractivity contribution in [2.45, 2.75) is 38.1 Å². The van der Waals surface area contributed by atoms with E-state index in [9.17, 15) is 9.90 Å². The van der Waals surface area contributed by atoms with Crippen LogP contribution in [0.15, 0.2) is 18.2 Å². The number of benzene rings is 1. The van der Waals surface area contributed by atoms with Gasteiger partial charge in [-0.1, -0.05) is 12.1 Å². The Balaban J connectivity index is 1.50. The molecule has 2 heterocycles. The normalized spacial score (nSPS) is 29.0. The zero-order chi connectivity index (χ0) is 17.1. The molecule has 24 heavy (non-hydrogen) atoms. The fraction of sp³-hybridized carbons (Fsp3) is 0.611. The molecule has 0 aromatic heterocycles. The van der Waals surface area contributed by atoms with E-state index < -0.39 is 6.10 Å². The van der Waals surface area contributed by atoms with Crippen LogP contribution in [-0.2, 0) is 27.1 Å². The zero-order valence-electron chi connectivity index (χ0n) is 14.2. The molecule has 1 aromatic rings. The minimum Gasteiger partial charge on any atom is -0.490 e. The molecule has 0 bridgehead atoms. The summed E-state index contributed by atoms with van der Waals surface area (Å²) in [4.78, 5) is 12.2. The number of aliphatic hydroxyl groups excluding tert-OH is 1. The lowest BCUT2D eigenvalue weighted by atomic mass is 9.96. The summed E-state index contributed by atoms with van der Waals surface area (Å²) in [5.74, 6) is 0.704. The molecule has 4 atom stereocenters. The minimum absolute atomic E-state index is 0.0614. The molecule has 1 amide bonds. The van der Waals surface area contributed by atoms with Gasteiger partial charge in [0.2, 0.25) is 5.91 Å². The number of fused-ring (bicyclic) bond motifs is 1. The molecule has 0 spiro atoms. The third-order valence-corrected chi connectivity index (χ3v) is 4.67. The average molecular weight is 335 g/mol. The Bertz CT molecular complexity index is 591. The second-order valence-electron chi connectivity index (χ2n) is 6.62. The van der Waals surface area contributed by atoms with Gasteiger partial charge in [-0.2, -0.15) is 0 Å². The van der Waals surface area contributed by atoms with Gasteiger partial charge in [-0.15, -0.1) is 0 Å². The lowest BCUT2D eigenvalue weighted by Gasteiger charge is -2.33. The van der Waals surface area contributed by atoms with Gasteiger partial charge < -0.3 is 24.6 Å². The van der Waals surface area contributed by atoms with Crippen molar-refractivity contribution in [1.29, 1.82) is 0 Å². The van der Waals surface area contributed by atoms with Crippen LogP contribution in [-0.4, -0.2) is 56.2 Å². The van der Waals surface area contributed by atoms with Crippen molar-refractivity contribution >= 4 is 5.91 Å². The molecule has 0 radical (unpaired) electrons. The molecule has 2 N–H and O–H groups in total. The van der Waals surface area contributed by atoms with Crippen LogP contribution in [0.3, 0.4) is 0 Å². The predicted molar refractivity (Wildman–Crippen MR) is 88.1 cm³/mol. The van der Waals surface area contributed by atoms with E-state index in [0.29, 0.717) is 26.2 Å². The van der Waals surface area contributed by atoms with Crippen molar-refractivity contribution < 1.29 is 24.1 Å². The predicted octanol–water partition coefficient (Wildman–Crippen LogP) is 0.691. The second-order valence-corrected chi connectivity index (χ2v) is 6.62. The molecule has 132 valence electrons. The van der Waals surface area contributed by atoms with E-state index in [2.05, 4.69) is 5.32 Å². The number of nitrogens with one attached hydrogen (secondary N) is 1. The molecular formula is C18H25NO5. The van der Waals surface area contributed by atoms with E-state index in [1.807, 2.05) is 25.1 Å². The molecule has 2 aliphatic heterocycles. The van der Waals surface area contributed by atoms with Crippen molar-refractivity contribution in [2.24, 2.45) is 5.92 Å². The molecule has 0 saturated carbocycles. The van der Waals surface area contributed by atoms with Crippen LogP contribution < -0.4 is 10.1 Å². The lowest BCUT2D eigenvalue weighted by Crippen LogP contribution is -2.49. The summed E-state index contributed by atoms with van der Waals surface area (Å²) < 4.78 is 16.3. The van der Waals surface area contributed by atoms with E-state index in [1.54, 1.807) is 7.11 Å². The smallest absolute Gasteiger partial charge is 0.224 e. The number of ether oxygens (including phenoxy) is 3. The van der Waals surface area contributed by atoms with Crippen molar-refractivity contribution in [3.8, 4) is 5.75 Å². The summed E-state index contributed by atoms with van der Waals surface area (Å²) in [6, 6.07) is 5.90. The van der Waals surface area contributed by atoms with Crippen molar-refractivity contribution in [2.75, 3.05) is 26.9 Å². The maximum atomic E-state index is 12.2. The van der Waals surface area contributed by atoms with Gasteiger partial charge in [-0.3, -0.25) is 4.79 Å². The highest BCUT2D eigenvalue weighted by Crippen LogP contribution is 2.29. The molecule has 1 fully saturated rings. The minimum atomic E-state index is -0.623. The summed E-state index contributed by atoms with van der Waals surface area (Å²) in [7, 11) is 1.55. The van der Waals surface area contributed by atoms with Crippen molar-refractivity contribution in [1.82, 2.24) is 5.32 Å². The van der Waals surface area contributed by atoms with Gasteiger partial charge in [0.05, 0.1) is 25.7 Å². The molecular weight excluding hydrogens is 310 g/mol. The van der Waals surface area contributed by atoms with E-state index >= 15 is 0 Å². The molecule has 1 aromatic carbocycles. The monoisotopic (exact) mass is 335 g/mol. The highest BCUT2D eigenvalue weighted by Gasteiger charge is 2.32. The summed E-state index contributed by atoms with van der Waals surface area (Å²) in [6.07, 6.45) is 0.445. The largest absolute Gasteiger partial charge is 0.490 e. The van der Waals surface area contributed by atoms with Crippen LogP contribution in [0.5, 0.6) is 5.75 Å². The van der Waals surface area contributed by atoms with Gasteiger partial charge in [-0.25, -0.2) is 0 Å². The van der Waals surface area contributed by atoms with Crippen LogP contribution in [0.1, 0.15) is 18.1 Å². The average Bonchev–Trinajstić information content (AvgIpc) is 2.93. The van der Waals surface area contributed by atoms with Crippen LogP contribution in [0.25, 0.3) is 0 Å². The fourth-order valence-electron chi connectivity index (χ4n) is 3.30. The van der Waals surface area contributed by atoms with Crippen molar-refractivity contribution in [3.63, 3.8) is 0 Å². The van der Waals surface area contributed by atoms with Crippen molar-refractivity contribution in [3.05, 3.63) is 29.3 Å². The summed E-state index contributed by atoms with van der Waals surface area (Å²) in [6.45, 7) is 3.23. The SMILES string of the molecule is CO[C@@H]1COC[C@@H](CNC(=O)Cc2ccc3c(c2)CC(C)O3)[C@@H]1O. The number of amides is 1. The van der Waals surface area contributed by atoms with E-state index in [-0.39, 0.29) is 24.0 Å². The summed E-state index contributed by atoms with van der Waals surface area (Å²) in [5.41, 5.74) is 2.13. The first-order valence-corrected chi connectivity index (χ1v) is 8.40. The Kier molecular flexibility index (Phi) is 5.38. The zero-order valence-corrected chi connectivity index (χ0v) is 14.2. The number of hydrogen-bond acceptors (Lipinski definition) is 5. The Morgan fingerprint density at radius 2 is 2.25 bits per heavy atom. The van der Waals surface area contributed by atoms with Gasteiger partial charge in [0.1, 0.15) is 18.0 Å². The molecule has 6 heteroatoms. The highest BCUT2D eigenvalue weighted by molar-refractivity contribution is 5.78. The lowest BCUT2D eigenvalue weighted by molar-refractivity contribution is -0.136. The summed E-state index contributed by atoms with van der Waals surface area (Å²) >= 11 is 0. The van der Waals surface area contributed by atoms with Crippen LogP contribution in [0, 0.1) is 5.92 Å². The standard InChI is InChI=1S/C18H25NO5/c1-11-5-13-6-12(3-4-15(13)24-11)7-17(20)19-8-14-9-23-10-16(22-2)18(14)21/h3-4,6,11,14,16,18,21H,5,7-10H2,1-2H3,(H,19,20)/t11?,14-,16-,18+/m1/s1. The van der Waals surface area contributed by atoms with Crippen LogP contribution in [0.4, 0.5) is 0 Å². The Labute approximate surface area is 142 Å². The maximum Gasteiger partial charge on any atom is 0.224 e. The molecule has 3 rings (SSSR count). The number of hydrogen-bond donors (Lipinski definition) is 2. The number of carbonyl (C=O) groups excluding carboxylic acids is 1. The first-order chi connectivity index (χ1) is 11.6. The Morgan fingerprint density at radius 3 is 3.04 bits per heavy atom. The van der Waals surface area contributed by atoms with Gasteiger partial charge in [0.25, 0.3) is 0 Å². The Morgan fingerprint density at radius 1 is 1.42 bits per heavy atom. The first kappa shape index (κ1) is 17.2. The van der Waals surface area contributed by atoms with E-state index in [1.165, 1.54) is 0 Å². The third kappa shape index (κ3) is 3.88. The van der Waals surface area contributed by atoms with Gasteiger partial charge in [0, 0.05) is 26.0 Å². The number of aliphatic hydroxyl groups is 1. The molecule has 1 unspecified atom stereocenters. The Hall–Kier alpha value is -1.63. The fourth-order valence-corrected chi connectivity index (χ4v) is 3.30. The van der Waals surface area contributed by atoms with Crippen LogP contribution in [0.2, 0.25) is 0 Å². The third-order valence-electron chi connectivity index (χ3n) is 4.67. The van der Waals surface area contributed by atoms with Gasteiger partial charge in [-0.05, 0) is 24.1 Å². The van der Waals surface area contributed by atoms with Crippen LogP contribution >= 0.6 is 0 Å². The molecule has 0 aliphatic carbocycles. The number of rotatable bonds is 5. The van der Waals surface area contributed by atoms with E-state index in [4.69, 9.17) is 14.2 Å². The van der Waals surface area contributed by atoms with E-state index in [0.717, 1.165) is 23.3 Å². The first-order valence-electron chi connectivity index (χ1n) is 8.40. The van der Waals surface area contributed by atoms with Gasteiger partial charge in [0.15, 0.2) is 0 Å². The topological polar surface area (TPSA) is 77.0 Å². The van der Waals surface area contributed by atoms with Gasteiger partial charge >= 0.3 is 0 Å².